The Morgan fingerprint density at radius 1 is 1.08 bits per heavy atom. The Balaban J connectivity index is 2.25. The summed E-state index contributed by atoms with van der Waals surface area (Å²) in [5.74, 6) is -0.337. The first-order valence-corrected chi connectivity index (χ1v) is 9.30. The predicted molar refractivity (Wildman–Crippen MR) is 95.8 cm³/mol. The third kappa shape index (κ3) is 4.43. The van der Waals surface area contributed by atoms with Gasteiger partial charge in [-0.25, -0.2) is 13.1 Å². The lowest BCUT2D eigenvalue weighted by atomic mass is 10.1. The minimum Gasteiger partial charge on any atom is -0.322 e. The van der Waals surface area contributed by atoms with Crippen LogP contribution in [0.25, 0.3) is 0 Å². The molecule has 2 N–H and O–H groups in total. The van der Waals surface area contributed by atoms with E-state index in [1.54, 1.807) is 12.1 Å². The molecule has 0 aliphatic rings. The summed E-state index contributed by atoms with van der Waals surface area (Å²) in [4.78, 5) is 12.5. The normalized spacial score (nSPS) is 11.3. The molecule has 6 heteroatoms. The minimum absolute atomic E-state index is 0.0876. The lowest BCUT2D eigenvalue weighted by Gasteiger charge is -2.11. The minimum atomic E-state index is -3.60. The summed E-state index contributed by atoms with van der Waals surface area (Å²) < 4.78 is 26.9. The Bertz CT molecular complexity index is 845. The lowest BCUT2D eigenvalue weighted by molar-refractivity contribution is 0.102. The fraction of sp³-hybridized carbons (Fsp3) is 0.278. The number of anilines is 1. The van der Waals surface area contributed by atoms with E-state index in [9.17, 15) is 13.2 Å². The highest BCUT2D eigenvalue weighted by atomic mass is 32.2. The number of carbonyl (C=O) groups excluding carboxylic acids is 1. The first-order valence-electron chi connectivity index (χ1n) is 7.82. The summed E-state index contributed by atoms with van der Waals surface area (Å²) in [5, 5.41) is 2.83. The van der Waals surface area contributed by atoms with E-state index < -0.39 is 10.0 Å². The van der Waals surface area contributed by atoms with Crippen LogP contribution in [-0.4, -0.2) is 20.9 Å². The van der Waals surface area contributed by atoms with E-state index in [0.29, 0.717) is 18.5 Å². The van der Waals surface area contributed by atoms with Crippen molar-refractivity contribution in [1.82, 2.24) is 4.72 Å². The smallest absolute Gasteiger partial charge is 0.255 e. The molecule has 0 bridgehead atoms. The SMILES string of the molecule is CCCNS(=O)(=O)c1cccc(C(=O)Nc2cc(C)ccc2C)c1. The summed E-state index contributed by atoms with van der Waals surface area (Å²) in [5.41, 5.74) is 3.01. The van der Waals surface area contributed by atoms with E-state index in [-0.39, 0.29) is 10.8 Å². The fourth-order valence-electron chi connectivity index (χ4n) is 2.19. The number of sulfonamides is 1. The van der Waals surface area contributed by atoms with Gasteiger partial charge in [0.15, 0.2) is 0 Å². The van der Waals surface area contributed by atoms with Gasteiger partial charge in [0.1, 0.15) is 0 Å². The highest BCUT2D eigenvalue weighted by Crippen LogP contribution is 2.18. The quantitative estimate of drug-likeness (QED) is 0.843. The third-order valence-corrected chi connectivity index (χ3v) is 5.05. The Labute approximate surface area is 143 Å². The molecule has 128 valence electrons. The fourth-order valence-corrected chi connectivity index (χ4v) is 3.37. The van der Waals surface area contributed by atoms with Gasteiger partial charge in [-0.3, -0.25) is 4.79 Å². The highest BCUT2D eigenvalue weighted by molar-refractivity contribution is 7.89. The second-order valence-corrected chi connectivity index (χ2v) is 7.47. The van der Waals surface area contributed by atoms with Crippen molar-refractivity contribution in [1.29, 1.82) is 0 Å². The van der Waals surface area contributed by atoms with E-state index in [0.717, 1.165) is 16.8 Å². The average molecular weight is 346 g/mol. The summed E-state index contributed by atoms with van der Waals surface area (Å²) >= 11 is 0. The van der Waals surface area contributed by atoms with Crippen LogP contribution in [0.4, 0.5) is 5.69 Å². The standard InChI is InChI=1S/C18H22N2O3S/c1-4-10-19-24(22,23)16-7-5-6-15(12-16)18(21)20-17-11-13(2)8-9-14(17)3/h5-9,11-12,19H,4,10H2,1-3H3,(H,20,21). The zero-order valence-electron chi connectivity index (χ0n) is 14.1. The van der Waals surface area contributed by atoms with Crippen LogP contribution < -0.4 is 10.0 Å². The van der Waals surface area contributed by atoms with Crippen LogP contribution >= 0.6 is 0 Å². The van der Waals surface area contributed by atoms with Crippen molar-refractivity contribution in [2.24, 2.45) is 0 Å². The Hall–Kier alpha value is -2.18. The van der Waals surface area contributed by atoms with E-state index in [1.165, 1.54) is 12.1 Å². The molecule has 0 aromatic heterocycles. The summed E-state index contributed by atoms with van der Waals surface area (Å²) in [7, 11) is -3.60. The summed E-state index contributed by atoms with van der Waals surface area (Å²) in [6.45, 7) is 6.10. The molecule has 0 saturated carbocycles. The molecule has 0 atom stereocenters. The number of carbonyl (C=O) groups is 1. The van der Waals surface area contributed by atoms with Gasteiger partial charge in [-0.2, -0.15) is 0 Å². The van der Waals surface area contributed by atoms with Crippen LogP contribution in [0.5, 0.6) is 0 Å². The Kier molecular flexibility index (Phi) is 5.75. The summed E-state index contributed by atoms with van der Waals surface area (Å²) in [6, 6.07) is 11.8. The van der Waals surface area contributed by atoms with Crippen molar-refractivity contribution in [3.63, 3.8) is 0 Å². The van der Waals surface area contributed by atoms with Crippen molar-refractivity contribution in [2.75, 3.05) is 11.9 Å². The third-order valence-electron chi connectivity index (χ3n) is 3.59. The van der Waals surface area contributed by atoms with E-state index in [1.807, 2.05) is 39.0 Å². The van der Waals surface area contributed by atoms with Crippen LogP contribution in [-0.2, 0) is 10.0 Å². The molecule has 2 aromatic carbocycles. The van der Waals surface area contributed by atoms with Gasteiger partial charge in [-0.1, -0.05) is 25.1 Å². The topological polar surface area (TPSA) is 75.3 Å². The maximum atomic E-state index is 12.4. The molecule has 0 heterocycles. The predicted octanol–water partition coefficient (Wildman–Crippen LogP) is 3.24. The van der Waals surface area contributed by atoms with Crippen LogP contribution in [0.2, 0.25) is 0 Å². The van der Waals surface area contributed by atoms with Crippen LogP contribution in [0.15, 0.2) is 47.4 Å². The molecule has 2 aromatic rings. The van der Waals surface area contributed by atoms with Gasteiger partial charge in [0.2, 0.25) is 10.0 Å². The Morgan fingerprint density at radius 3 is 2.54 bits per heavy atom. The van der Waals surface area contributed by atoms with E-state index in [2.05, 4.69) is 10.0 Å². The number of hydrogen-bond donors (Lipinski definition) is 2. The van der Waals surface area contributed by atoms with Gasteiger partial charge in [0.25, 0.3) is 5.91 Å². The number of benzene rings is 2. The molecule has 24 heavy (non-hydrogen) atoms. The Morgan fingerprint density at radius 2 is 1.83 bits per heavy atom. The van der Waals surface area contributed by atoms with Gasteiger partial charge >= 0.3 is 0 Å². The zero-order valence-corrected chi connectivity index (χ0v) is 14.9. The van der Waals surface area contributed by atoms with Gasteiger partial charge in [0.05, 0.1) is 4.90 Å². The largest absolute Gasteiger partial charge is 0.322 e. The number of nitrogens with one attached hydrogen (secondary N) is 2. The van der Waals surface area contributed by atoms with Crippen molar-refractivity contribution in [3.05, 3.63) is 59.2 Å². The first-order chi connectivity index (χ1) is 11.3. The lowest BCUT2D eigenvalue weighted by Crippen LogP contribution is -2.24. The molecule has 2 rings (SSSR count). The molecule has 5 nitrogen and oxygen atoms in total. The molecule has 0 fully saturated rings. The van der Waals surface area contributed by atoms with Gasteiger partial charge in [0, 0.05) is 17.8 Å². The van der Waals surface area contributed by atoms with E-state index >= 15 is 0 Å². The van der Waals surface area contributed by atoms with Crippen molar-refractivity contribution in [3.8, 4) is 0 Å². The van der Waals surface area contributed by atoms with Crippen LogP contribution in [0, 0.1) is 13.8 Å². The van der Waals surface area contributed by atoms with Crippen molar-refractivity contribution < 1.29 is 13.2 Å². The van der Waals surface area contributed by atoms with Gasteiger partial charge in [-0.05, 0) is 55.7 Å². The second kappa shape index (κ2) is 7.59. The molecular formula is C18H22N2O3S. The number of hydrogen-bond acceptors (Lipinski definition) is 3. The molecule has 0 aliphatic carbocycles. The van der Waals surface area contributed by atoms with E-state index in [4.69, 9.17) is 0 Å². The van der Waals surface area contributed by atoms with Crippen LogP contribution in [0.3, 0.4) is 0 Å². The molecular weight excluding hydrogens is 324 g/mol. The average Bonchev–Trinajstić information content (AvgIpc) is 2.56. The molecule has 0 radical (unpaired) electrons. The molecule has 0 aliphatic heterocycles. The van der Waals surface area contributed by atoms with Gasteiger partial charge in [-0.15, -0.1) is 0 Å². The van der Waals surface area contributed by atoms with Crippen molar-refractivity contribution >= 4 is 21.6 Å². The number of amides is 1. The summed E-state index contributed by atoms with van der Waals surface area (Å²) in [6.07, 6.45) is 0.700. The zero-order chi connectivity index (χ0) is 17.7. The highest BCUT2D eigenvalue weighted by Gasteiger charge is 2.16. The maximum Gasteiger partial charge on any atom is 0.255 e. The molecule has 1 amide bonds. The van der Waals surface area contributed by atoms with Gasteiger partial charge < -0.3 is 5.32 Å². The molecule has 0 saturated heterocycles. The maximum absolute atomic E-state index is 12.4. The number of aryl methyl sites for hydroxylation is 2. The monoisotopic (exact) mass is 346 g/mol. The number of rotatable bonds is 6. The molecule has 0 spiro atoms. The first kappa shape index (κ1) is 18.2. The second-order valence-electron chi connectivity index (χ2n) is 5.70. The van der Waals surface area contributed by atoms with Crippen LogP contribution in [0.1, 0.15) is 34.8 Å². The van der Waals surface area contributed by atoms with Crippen molar-refractivity contribution in [2.45, 2.75) is 32.1 Å². The molecule has 0 unspecified atom stereocenters.